The highest BCUT2D eigenvalue weighted by molar-refractivity contribution is 6.09. The van der Waals surface area contributed by atoms with Crippen LogP contribution in [0.1, 0.15) is 11.6 Å². The van der Waals surface area contributed by atoms with Crippen molar-refractivity contribution in [3.63, 3.8) is 0 Å². The Bertz CT molecular complexity index is 785. The van der Waals surface area contributed by atoms with Crippen LogP contribution >= 0.6 is 0 Å². The SMILES string of the molecule is COC(=O)[C@]1(CO)N[C@H](c2c(F)cccc2OC)[C@@H]2C(=O)N(C)C(=O)[C@@H]21. The van der Waals surface area contributed by atoms with Crippen molar-refractivity contribution in [2.24, 2.45) is 11.8 Å². The molecule has 2 saturated heterocycles. The fourth-order valence-corrected chi connectivity index (χ4v) is 3.97. The lowest BCUT2D eigenvalue weighted by molar-refractivity contribution is -0.156. The summed E-state index contributed by atoms with van der Waals surface area (Å²) in [5.41, 5.74) is -1.84. The van der Waals surface area contributed by atoms with E-state index in [2.05, 4.69) is 5.32 Å². The molecule has 0 unspecified atom stereocenters. The van der Waals surface area contributed by atoms with Gasteiger partial charge in [0, 0.05) is 12.6 Å². The fraction of sp³-hybridized carbons (Fsp3) is 0.471. The molecule has 2 amide bonds. The average Bonchev–Trinajstić information content (AvgIpc) is 3.11. The van der Waals surface area contributed by atoms with Crippen molar-refractivity contribution in [3.05, 3.63) is 29.6 Å². The Morgan fingerprint density at radius 3 is 2.62 bits per heavy atom. The van der Waals surface area contributed by atoms with Gasteiger partial charge in [0.1, 0.15) is 11.6 Å². The van der Waals surface area contributed by atoms with E-state index in [1.54, 1.807) is 0 Å². The zero-order valence-corrected chi connectivity index (χ0v) is 14.5. The summed E-state index contributed by atoms with van der Waals surface area (Å²) in [5.74, 6) is -4.89. The lowest BCUT2D eigenvalue weighted by Crippen LogP contribution is -2.58. The summed E-state index contributed by atoms with van der Waals surface area (Å²) in [6.45, 7) is -0.791. The third kappa shape index (κ3) is 2.24. The Hall–Kier alpha value is -2.52. The van der Waals surface area contributed by atoms with Crippen LogP contribution in [0.25, 0.3) is 0 Å². The largest absolute Gasteiger partial charge is 0.496 e. The topological polar surface area (TPSA) is 105 Å². The maximum absolute atomic E-state index is 14.6. The Morgan fingerprint density at radius 2 is 2.04 bits per heavy atom. The first kappa shape index (κ1) is 18.3. The summed E-state index contributed by atoms with van der Waals surface area (Å²) < 4.78 is 24.6. The smallest absolute Gasteiger partial charge is 0.329 e. The van der Waals surface area contributed by atoms with Crippen LogP contribution in [0.15, 0.2) is 18.2 Å². The molecule has 2 heterocycles. The lowest BCUT2D eigenvalue weighted by Gasteiger charge is -2.30. The van der Waals surface area contributed by atoms with Crippen molar-refractivity contribution in [2.45, 2.75) is 11.6 Å². The number of amides is 2. The standard InChI is InChI=1S/C17H19FN2O6/c1-20-14(22)11-12(15(20)23)17(7-21,16(24)26-3)19-13(11)10-8(18)5-4-6-9(10)25-2/h4-6,11-13,19,21H,7H2,1-3H3/t11-,12-,13-,17-/m1/s1. The first-order valence-electron chi connectivity index (χ1n) is 7.94. The third-order valence-electron chi connectivity index (χ3n) is 5.22. The average molecular weight is 366 g/mol. The van der Waals surface area contributed by atoms with E-state index >= 15 is 0 Å². The minimum atomic E-state index is -1.85. The van der Waals surface area contributed by atoms with Gasteiger partial charge < -0.3 is 14.6 Å². The molecule has 1 aromatic carbocycles. The van der Waals surface area contributed by atoms with Crippen LogP contribution in [0.4, 0.5) is 4.39 Å². The van der Waals surface area contributed by atoms with Crippen molar-refractivity contribution in [1.29, 1.82) is 0 Å². The molecule has 0 aromatic heterocycles. The fourth-order valence-electron chi connectivity index (χ4n) is 3.97. The number of benzene rings is 1. The molecule has 26 heavy (non-hydrogen) atoms. The number of ether oxygens (including phenoxy) is 2. The second kappa shape index (κ2) is 6.33. The van der Waals surface area contributed by atoms with Crippen LogP contribution in [0, 0.1) is 17.7 Å². The predicted octanol–water partition coefficient (Wildman–Crippen LogP) is -0.386. The van der Waals surface area contributed by atoms with E-state index in [4.69, 9.17) is 9.47 Å². The molecule has 0 aliphatic carbocycles. The van der Waals surface area contributed by atoms with Gasteiger partial charge in [-0.3, -0.25) is 19.8 Å². The van der Waals surface area contributed by atoms with Gasteiger partial charge in [0.15, 0.2) is 5.54 Å². The monoisotopic (exact) mass is 366 g/mol. The number of aliphatic hydroxyl groups excluding tert-OH is 1. The van der Waals surface area contributed by atoms with E-state index in [0.717, 1.165) is 12.0 Å². The summed E-state index contributed by atoms with van der Waals surface area (Å²) in [4.78, 5) is 38.6. The second-order valence-corrected chi connectivity index (χ2v) is 6.34. The predicted molar refractivity (Wildman–Crippen MR) is 85.4 cm³/mol. The van der Waals surface area contributed by atoms with Crippen molar-refractivity contribution in [2.75, 3.05) is 27.9 Å². The number of methoxy groups -OCH3 is 2. The number of imide groups is 1. The third-order valence-corrected chi connectivity index (χ3v) is 5.22. The minimum absolute atomic E-state index is 0.0145. The molecule has 2 N–H and O–H groups in total. The molecule has 2 aliphatic rings. The molecule has 0 spiro atoms. The molecule has 0 saturated carbocycles. The number of carbonyl (C=O) groups excluding carboxylic acids is 3. The highest BCUT2D eigenvalue weighted by atomic mass is 19.1. The second-order valence-electron chi connectivity index (χ2n) is 6.34. The van der Waals surface area contributed by atoms with Crippen LogP contribution in [-0.4, -0.2) is 61.2 Å². The van der Waals surface area contributed by atoms with Crippen LogP contribution in [0.5, 0.6) is 5.75 Å². The number of carbonyl (C=O) groups is 3. The highest BCUT2D eigenvalue weighted by Gasteiger charge is 2.68. The number of rotatable bonds is 4. The molecule has 2 fully saturated rings. The first-order chi connectivity index (χ1) is 12.3. The quantitative estimate of drug-likeness (QED) is 0.552. The minimum Gasteiger partial charge on any atom is -0.496 e. The molecule has 2 aliphatic heterocycles. The first-order valence-corrected chi connectivity index (χ1v) is 7.94. The number of nitrogens with zero attached hydrogens (tertiary/aromatic N) is 1. The lowest BCUT2D eigenvalue weighted by atomic mass is 9.79. The number of fused-ring (bicyclic) bond motifs is 1. The van der Waals surface area contributed by atoms with Gasteiger partial charge in [0.2, 0.25) is 11.8 Å². The number of nitrogens with one attached hydrogen (secondary N) is 1. The molecular weight excluding hydrogens is 347 g/mol. The van der Waals surface area contributed by atoms with Gasteiger partial charge in [0.25, 0.3) is 0 Å². The molecule has 9 heteroatoms. The number of hydrogen-bond acceptors (Lipinski definition) is 7. The highest BCUT2D eigenvalue weighted by Crippen LogP contribution is 2.50. The molecule has 4 atom stereocenters. The van der Waals surface area contributed by atoms with Crippen LogP contribution in [0.2, 0.25) is 0 Å². The van der Waals surface area contributed by atoms with Gasteiger partial charge in [-0.2, -0.15) is 0 Å². The molecule has 140 valence electrons. The van der Waals surface area contributed by atoms with Crippen LogP contribution < -0.4 is 10.1 Å². The number of halogens is 1. The van der Waals surface area contributed by atoms with Gasteiger partial charge in [0.05, 0.1) is 38.7 Å². The summed E-state index contributed by atoms with van der Waals surface area (Å²) in [5, 5.41) is 12.8. The van der Waals surface area contributed by atoms with Gasteiger partial charge in [-0.05, 0) is 12.1 Å². The molecule has 3 rings (SSSR count). The molecule has 0 radical (unpaired) electrons. The van der Waals surface area contributed by atoms with Gasteiger partial charge >= 0.3 is 5.97 Å². The molecule has 1 aromatic rings. The Labute approximate surface area is 148 Å². The van der Waals surface area contributed by atoms with Crippen molar-refractivity contribution >= 4 is 17.8 Å². The van der Waals surface area contributed by atoms with Gasteiger partial charge in [-0.1, -0.05) is 6.07 Å². The van der Waals surface area contributed by atoms with E-state index in [1.165, 1.54) is 32.4 Å². The van der Waals surface area contributed by atoms with E-state index in [0.29, 0.717) is 0 Å². The number of hydrogen-bond donors (Lipinski definition) is 2. The summed E-state index contributed by atoms with van der Waals surface area (Å²) in [6, 6.07) is 3.09. The number of likely N-dealkylation sites (tertiary alicyclic amines) is 1. The Balaban J connectivity index is 2.22. The van der Waals surface area contributed by atoms with Gasteiger partial charge in [-0.15, -0.1) is 0 Å². The summed E-state index contributed by atoms with van der Waals surface area (Å²) >= 11 is 0. The van der Waals surface area contributed by atoms with Crippen molar-refractivity contribution in [1.82, 2.24) is 10.2 Å². The number of esters is 1. The van der Waals surface area contributed by atoms with E-state index in [-0.39, 0.29) is 11.3 Å². The van der Waals surface area contributed by atoms with E-state index in [1.807, 2.05) is 0 Å². The van der Waals surface area contributed by atoms with Gasteiger partial charge in [-0.25, -0.2) is 9.18 Å². The number of aliphatic hydroxyl groups is 1. The molecule has 8 nitrogen and oxygen atoms in total. The Kier molecular flexibility index (Phi) is 4.45. The Morgan fingerprint density at radius 1 is 1.35 bits per heavy atom. The van der Waals surface area contributed by atoms with Crippen molar-refractivity contribution in [3.8, 4) is 5.75 Å². The molecular formula is C17H19FN2O6. The summed E-state index contributed by atoms with van der Waals surface area (Å²) in [7, 11) is 3.74. The molecule has 0 bridgehead atoms. The summed E-state index contributed by atoms with van der Waals surface area (Å²) in [6.07, 6.45) is 0. The maximum Gasteiger partial charge on any atom is 0.329 e. The van der Waals surface area contributed by atoms with E-state index in [9.17, 15) is 23.9 Å². The maximum atomic E-state index is 14.6. The van der Waals surface area contributed by atoms with E-state index < -0.39 is 53.6 Å². The zero-order chi connectivity index (χ0) is 19.2. The normalized spacial score (nSPS) is 30.5. The zero-order valence-electron chi connectivity index (χ0n) is 14.5. The van der Waals surface area contributed by atoms with Crippen LogP contribution in [0.3, 0.4) is 0 Å². The van der Waals surface area contributed by atoms with Crippen molar-refractivity contribution < 1.29 is 33.4 Å². The van der Waals surface area contributed by atoms with Crippen LogP contribution in [-0.2, 0) is 19.1 Å².